The number of nitrogens with one attached hydrogen (secondary N) is 1. The van der Waals surface area contributed by atoms with Gasteiger partial charge in [0, 0.05) is 0 Å². The summed E-state index contributed by atoms with van der Waals surface area (Å²) < 4.78 is 0. The fourth-order valence-electron chi connectivity index (χ4n) is 3.04. The second-order valence-corrected chi connectivity index (χ2v) is 6.41. The van der Waals surface area contributed by atoms with Crippen LogP contribution < -0.4 is 5.32 Å². The highest BCUT2D eigenvalue weighted by Crippen LogP contribution is 2.25. The van der Waals surface area contributed by atoms with Crippen molar-refractivity contribution in [2.45, 2.75) is 31.8 Å². The van der Waals surface area contributed by atoms with Gasteiger partial charge in [-0.05, 0) is 37.0 Å². The van der Waals surface area contributed by atoms with Gasteiger partial charge in [-0.3, -0.25) is 9.69 Å². The first-order valence-corrected chi connectivity index (χ1v) is 8.19. The number of carbonyl (C=O) groups is 2. The third kappa shape index (κ3) is 3.38. The molecule has 3 amide bonds. The zero-order valence-electron chi connectivity index (χ0n) is 14.0. The largest absolute Gasteiger partial charge is 0.325 e. The first-order valence-electron chi connectivity index (χ1n) is 8.19. The number of rotatable bonds is 5. The van der Waals surface area contributed by atoms with Crippen LogP contribution in [-0.4, -0.2) is 22.4 Å². The second-order valence-electron chi connectivity index (χ2n) is 6.41. The normalized spacial score (nSPS) is 19.6. The van der Waals surface area contributed by atoms with E-state index in [2.05, 4.69) is 11.4 Å². The number of imide groups is 1. The standard InChI is InChI=1S/C20H19N3O2/c1-20(12-11-15-7-3-2-4-8-15)18(24)23(19(25)22-20)14-17-10-6-5-9-16(17)13-21/h2-10H,11-12,14H2,1H3,(H,22,25)/t20-/m0/s1. The summed E-state index contributed by atoms with van der Waals surface area (Å²) in [7, 11) is 0. The van der Waals surface area contributed by atoms with Crippen molar-refractivity contribution in [1.82, 2.24) is 10.2 Å². The molecule has 2 aromatic carbocycles. The van der Waals surface area contributed by atoms with E-state index in [0.29, 0.717) is 24.0 Å². The number of nitriles is 1. The Hall–Kier alpha value is -3.13. The van der Waals surface area contributed by atoms with Crippen molar-refractivity contribution in [1.29, 1.82) is 5.26 Å². The van der Waals surface area contributed by atoms with Gasteiger partial charge in [-0.1, -0.05) is 48.5 Å². The van der Waals surface area contributed by atoms with Crippen molar-refractivity contribution < 1.29 is 9.59 Å². The van der Waals surface area contributed by atoms with E-state index in [1.807, 2.05) is 30.3 Å². The van der Waals surface area contributed by atoms with E-state index in [1.165, 1.54) is 4.90 Å². The number of benzene rings is 2. The molecule has 3 rings (SSSR count). The van der Waals surface area contributed by atoms with E-state index in [1.54, 1.807) is 31.2 Å². The molecule has 0 bridgehead atoms. The molecule has 0 aliphatic carbocycles. The molecule has 1 fully saturated rings. The molecule has 1 saturated heterocycles. The molecule has 126 valence electrons. The number of hydrogen-bond acceptors (Lipinski definition) is 3. The second kappa shape index (κ2) is 6.78. The van der Waals surface area contributed by atoms with Gasteiger partial charge in [-0.15, -0.1) is 0 Å². The monoisotopic (exact) mass is 333 g/mol. The van der Waals surface area contributed by atoms with Crippen LogP contribution in [0.5, 0.6) is 0 Å². The SMILES string of the molecule is C[C@@]1(CCc2ccccc2)NC(=O)N(Cc2ccccc2C#N)C1=O. The van der Waals surface area contributed by atoms with Crippen LogP contribution in [0.4, 0.5) is 4.79 Å². The maximum Gasteiger partial charge on any atom is 0.325 e. The summed E-state index contributed by atoms with van der Waals surface area (Å²) in [6, 6.07) is 18.6. The van der Waals surface area contributed by atoms with Crippen LogP contribution in [0.1, 0.15) is 30.0 Å². The summed E-state index contributed by atoms with van der Waals surface area (Å²) >= 11 is 0. The van der Waals surface area contributed by atoms with Gasteiger partial charge in [-0.25, -0.2) is 4.79 Å². The molecule has 1 aliphatic heterocycles. The van der Waals surface area contributed by atoms with Gasteiger partial charge in [-0.2, -0.15) is 5.26 Å². The Morgan fingerprint density at radius 3 is 2.48 bits per heavy atom. The van der Waals surface area contributed by atoms with E-state index in [-0.39, 0.29) is 12.5 Å². The van der Waals surface area contributed by atoms with E-state index in [4.69, 9.17) is 0 Å². The first kappa shape index (κ1) is 16.7. The number of urea groups is 1. The maximum atomic E-state index is 12.8. The third-order valence-corrected chi connectivity index (χ3v) is 4.57. The van der Waals surface area contributed by atoms with Crippen LogP contribution in [0.15, 0.2) is 54.6 Å². The Morgan fingerprint density at radius 2 is 1.76 bits per heavy atom. The van der Waals surface area contributed by atoms with Crippen molar-refractivity contribution in [3.63, 3.8) is 0 Å². The van der Waals surface area contributed by atoms with Crippen LogP contribution in [0, 0.1) is 11.3 Å². The third-order valence-electron chi connectivity index (χ3n) is 4.57. The molecule has 5 nitrogen and oxygen atoms in total. The highest BCUT2D eigenvalue weighted by Gasteiger charge is 2.47. The van der Waals surface area contributed by atoms with Crippen molar-refractivity contribution in [3.8, 4) is 6.07 Å². The summed E-state index contributed by atoms with van der Waals surface area (Å²) in [6.45, 7) is 1.86. The van der Waals surface area contributed by atoms with E-state index in [9.17, 15) is 14.9 Å². The Bertz CT molecular complexity index is 842. The van der Waals surface area contributed by atoms with E-state index < -0.39 is 11.6 Å². The molecular formula is C20H19N3O2. The first-order chi connectivity index (χ1) is 12.0. The van der Waals surface area contributed by atoms with Crippen LogP contribution >= 0.6 is 0 Å². The average molecular weight is 333 g/mol. The lowest BCUT2D eigenvalue weighted by molar-refractivity contribution is -0.131. The highest BCUT2D eigenvalue weighted by molar-refractivity contribution is 6.06. The smallest absolute Gasteiger partial charge is 0.323 e. The number of hydrogen-bond donors (Lipinski definition) is 1. The van der Waals surface area contributed by atoms with Gasteiger partial charge in [0.05, 0.1) is 18.2 Å². The van der Waals surface area contributed by atoms with Crippen molar-refractivity contribution in [3.05, 3.63) is 71.3 Å². The predicted octanol–water partition coefficient (Wildman–Crippen LogP) is 3.00. The average Bonchev–Trinajstić information content (AvgIpc) is 2.85. The molecule has 1 heterocycles. The lowest BCUT2D eigenvalue weighted by Gasteiger charge is -2.21. The molecule has 1 N–H and O–H groups in total. The molecule has 1 atom stereocenters. The molecule has 1 aliphatic rings. The van der Waals surface area contributed by atoms with Crippen LogP contribution in [0.2, 0.25) is 0 Å². The Balaban J connectivity index is 1.74. The zero-order chi connectivity index (χ0) is 17.9. The van der Waals surface area contributed by atoms with Gasteiger partial charge in [0.2, 0.25) is 0 Å². The Labute approximate surface area is 146 Å². The summed E-state index contributed by atoms with van der Waals surface area (Å²) in [6.07, 6.45) is 1.23. The molecular weight excluding hydrogens is 314 g/mol. The lowest BCUT2D eigenvalue weighted by Crippen LogP contribution is -2.44. The minimum absolute atomic E-state index is 0.106. The van der Waals surface area contributed by atoms with Crippen LogP contribution in [0.3, 0.4) is 0 Å². The minimum atomic E-state index is -0.922. The van der Waals surface area contributed by atoms with Crippen molar-refractivity contribution >= 4 is 11.9 Å². The van der Waals surface area contributed by atoms with Gasteiger partial charge in [0.1, 0.15) is 5.54 Å². The molecule has 25 heavy (non-hydrogen) atoms. The van der Waals surface area contributed by atoms with E-state index in [0.717, 1.165) is 5.56 Å². The quantitative estimate of drug-likeness (QED) is 0.855. The number of carbonyl (C=O) groups excluding carboxylic acids is 2. The summed E-state index contributed by atoms with van der Waals surface area (Å²) in [4.78, 5) is 26.3. The molecule has 0 radical (unpaired) electrons. The summed E-state index contributed by atoms with van der Waals surface area (Å²) in [5.41, 5.74) is 1.34. The molecule has 5 heteroatoms. The Kier molecular flexibility index (Phi) is 4.53. The van der Waals surface area contributed by atoms with Crippen LogP contribution in [0.25, 0.3) is 0 Å². The minimum Gasteiger partial charge on any atom is -0.323 e. The molecule has 2 aromatic rings. The highest BCUT2D eigenvalue weighted by atomic mass is 16.2. The fourth-order valence-corrected chi connectivity index (χ4v) is 3.04. The lowest BCUT2D eigenvalue weighted by atomic mass is 9.93. The zero-order valence-corrected chi connectivity index (χ0v) is 14.0. The fraction of sp³-hybridized carbons (Fsp3) is 0.250. The van der Waals surface area contributed by atoms with Gasteiger partial charge >= 0.3 is 6.03 Å². The van der Waals surface area contributed by atoms with Gasteiger partial charge in [0.25, 0.3) is 5.91 Å². The molecule has 0 unspecified atom stereocenters. The number of nitrogens with zero attached hydrogens (tertiary/aromatic N) is 2. The van der Waals surface area contributed by atoms with E-state index >= 15 is 0 Å². The predicted molar refractivity (Wildman–Crippen MR) is 93.4 cm³/mol. The van der Waals surface area contributed by atoms with Gasteiger partial charge < -0.3 is 5.32 Å². The summed E-state index contributed by atoms with van der Waals surface area (Å²) in [5, 5.41) is 12.0. The number of amides is 3. The number of aryl methyl sites for hydroxylation is 1. The molecule has 0 aromatic heterocycles. The van der Waals surface area contributed by atoms with Gasteiger partial charge in [0.15, 0.2) is 0 Å². The molecule has 0 saturated carbocycles. The Morgan fingerprint density at radius 1 is 1.08 bits per heavy atom. The topological polar surface area (TPSA) is 73.2 Å². The van der Waals surface area contributed by atoms with Crippen molar-refractivity contribution in [2.75, 3.05) is 0 Å². The molecule has 0 spiro atoms. The maximum absolute atomic E-state index is 12.8. The summed E-state index contributed by atoms with van der Waals surface area (Å²) in [5.74, 6) is -0.249. The van der Waals surface area contributed by atoms with Crippen molar-refractivity contribution in [2.24, 2.45) is 0 Å². The van der Waals surface area contributed by atoms with Crippen LogP contribution in [-0.2, 0) is 17.8 Å².